The van der Waals surface area contributed by atoms with E-state index in [0.29, 0.717) is 19.3 Å². The molecule has 0 fully saturated rings. The molecule has 0 heterocycles. The van der Waals surface area contributed by atoms with Gasteiger partial charge in [0.1, 0.15) is 13.2 Å². The Balaban J connectivity index is 4.23. The highest BCUT2D eigenvalue weighted by Gasteiger charge is 2.19. The molecule has 71 heavy (non-hydrogen) atoms. The molecule has 0 aliphatic heterocycles. The lowest BCUT2D eigenvalue weighted by atomic mass is 10.0. The maximum Gasteiger partial charge on any atom is 0.306 e. The van der Waals surface area contributed by atoms with Gasteiger partial charge in [-0.25, -0.2) is 0 Å². The van der Waals surface area contributed by atoms with Gasteiger partial charge in [-0.3, -0.25) is 14.4 Å². The number of ether oxygens (including phenoxy) is 3. The van der Waals surface area contributed by atoms with Crippen LogP contribution in [0.4, 0.5) is 0 Å². The zero-order chi connectivity index (χ0) is 51.4. The predicted molar refractivity (Wildman–Crippen MR) is 307 cm³/mol. The molecule has 416 valence electrons. The van der Waals surface area contributed by atoms with E-state index >= 15 is 0 Å². The van der Waals surface area contributed by atoms with Crippen LogP contribution in [0.25, 0.3) is 0 Å². The smallest absolute Gasteiger partial charge is 0.306 e. The molecule has 0 aliphatic rings. The third kappa shape index (κ3) is 58.4. The molecule has 0 bridgehead atoms. The van der Waals surface area contributed by atoms with E-state index in [1.54, 1.807) is 0 Å². The van der Waals surface area contributed by atoms with E-state index in [1.165, 1.54) is 231 Å². The van der Waals surface area contributed by atoms with Crippen molar-refractivity contribution in [2.24, 2.45) is 0 Å². The molecule has 6 heteroatoms. The summed E-state index contributed by atoms with van der Waals surface area (Å²) in [6, 6.07) is 0. The summed E-state index contributed by atoms with van der Waals surface area (Å²) >= 11 is 0. The third-order valence-electron chi connectivity index (χ3n) is 14.1. The van der Waals surface area contributed by atoms with Gasteiger partial charge < -0.3 is 14.2 Å². The molecule has 0 rings (SSSR count). The first kappa shape index (κ1) is 68.6. The van der Waals surface area contributed by atoms with Crippen LogP contribution in [0.5, 0.6) is 0 Å². The minimum absolute atomic E-state index is 0.0708. The van der Waals surface area contributed by atoms with E-state index in [9.17, 15) is 14.4 Å². The molecule has 0 aromatic carbocycles. The Morgan fingerprint density at radius 1 is 0.282 bits per heavy atom. The van der Waals surface area contributed by atoms with Gasteiger partial charge in [-0.2, -0.15) is 0 Å². The molecule has 6 nitrogen and oxygen atoms in total. The van der Waals surface area contributed by atoms with Crippen molar-refractivity contribution in [3.8, 4) is 0 Å². The highest BCUT2D eigenvalue weighted by atomic mass is 16.6. The lowest BCUT2D eigenvalue weighted by Gasteiger charge is -2.18. The molecule has 0 aromatic rings. The summed E-state index contributed by atoms with van der Waals surface area (Å²) in [5, 5.41) is 0. The Morgan fingerprint density at radius 2 is 0.507 bits per heavy atom. The summed E-state index contributed by atoms with van der Waals surface area (Å²) in [5.41, 5.74) is 0. The number of unbranched alkanes of at least 4 members (excludes halogenated alkanes) is 41. The van der Waals surface area contributed by atoms with Crippen LogP contribution in [0.3, 0.4) is 0 Å². The van der Waals surface area contributed by atoms with Crippen LogP contribution in [0, 0.1) is 0 Å². The molecule has 0 aromatic heterocycles. The quantitative estimate of drug-likeness (QED) is 0.0261. The minimum atomic E-state index is -0.772. The summed E-state index contributed by atoms with van der Waals surface area (Å²) in [4.78, 5) is 38.2. The zero-order valence-corrected chi connectivity index (χ0v) is 47.8. The van der Waals surface area contributed by atoms with E-state index < -0.39 is 6.10 Å². The number of hydrogen-bond acceptors (Lipinski definition) is 6. The van der Waals surface area contributed by atoms with E-state index in [2.05, 4.69) is 57.2 Å². The Kier molecular flexibility index (Phi) is 58.2. The van der Waals surface area contributed by atoms with Crippen LogP contribution < -0.4 is 0 Å². The monoisotopic (exact) mass is 997 g/mol. The first-order valence-electron chi connectivity index (χ1n) is 31.5. The first-order valence-corrected chi connectivity index (χ1v) is 31.5. The standard InChI is InChI=1S/C65H120O6/c1-4-7-10-13-16-19-22-25-27-29-30-31-32-33-34-35-36-37-39-40-43-46-49-52-55-58-64(67)70-61-62(60-69-63(66)57-54-51-48-45-42-24-21-18-15-12-9-6-3)71-65(68)59-56-53-50-47-44-41-38-28-26-23-20-17-14-11-8-5-2/h18,21-22,25,29-30,62H,4-17,19-20,23-24,26-28,31-61H2,1-3H3/b21-18-,25-22-,30-29-. The van der Waals surface area contributed by atoms with Crippen molar-refractivity contribution in [3.63, 3.8) is 0 Å². The van der Waals surface area contributed by atoms with Gasteiger partial charge in [0.15, 0.2) is 6.10 Å². The van der Waals surface area contributed by atoms with Crippen molar-refractivity contribution in [2.45, 2.75) is 348 Å². The third-order valence-corrected chi connectivity index (χ3v) is 14.1. The zero-order valence-electron chi connectivity index (χ0n) is 47.8. The Labute approximate surface area is 442 Å². The molecule has 0 aliphatic carbocycles. The van der Waals surface area contributed by atoms with Gasteiger partial charge in [0.25, 0.3) is 0 Å². The summed E-state index contributed by atoms with van der Waals surface area (Å²) in [7, 11) is 0. The van der Waals surface area contributed by atoms with Crippen LogP contribution in [0.15, 0.2) is 36.5 Å². The maximum absolute atomic E-state index is 12.9. The van der Waals surface area contributed by atoms with Gasteiger partial charge >= 0.3 is 17.9 Å². The molecule has 0 spiro atoms. The second-order valence-corrected chi connectivity index (χ2v) is 21.3. The van der Waals surface area contributed by atoms with Gasteiger partial charge in [-0.1, -0.05) is 282 Å². The average molecular weight is 998 g/mol. The van der Waals surface area contributed by atoms with Crippen molar-refractivity contribution < 1.29 is 28.6 Å². The second-order valence-electron chi connectivity index (χ2n) is 21.3. The highest BCUT2D eigenvalue weighted by Crippen LogP contribution is 2.17. The lowest BCUT2D eigenvalue weighted by Crippen LogP contribution is -2.30. The summed E-state index contributed by atoms with van der Waals surface area (Å²) in [5.74, 6) is -0.859. The molecule has 1 atom stereocenters. The first-order chi connectivity index (χ1) is 35.0. The normalized spacial score (nSPS) is 12.2. The number of carbonyl (C=O) groups is 3. The van der Waals surface area contributed by atoms with Crippen molar-refractivity contribution in [1.29, 1.82) is 0 Å². The maximum atomic E-state index is 12.9. The van der Waals surface area contributed by atoms with Crippen molar-refractivity contribution >= 4 is 17.9 Å². The van der Waals surface area contributed by atoms with Crippen molar-refractivity contribution in [2.75, 3.05) is 13.2 Å². The second kappa shape index (κ2) is 60.2. The lowest BCUT2D eigenvalue weighted by molar-refractivity contribution is -0.167. The largest absolute Gasteiger partial charge is 0.462 e. The Hall–Kier alpha value is -2.37. The fraction of sp³-hybridized carbons (Fsp3) is 0.862. The minimum Gasteiger partial charge on any atom is -0.462 e. The summed E-state index contributed by atoms with van der Waals surface area (Å²) < 4.78 is 16.9. The van der Waals surface area contributed by atoms with Crippen molar-refractivity contribution in [1.82, 2.24) is 0 Å². The van der Waals surface area contributed by atoms with Crippen LogP contribution in [-0.4, -0.2) is 37.2 Å². The summed E-state index contributed by atoms with van der Waals surface area (Å²) in [6.45, 7) is 6.65. The van der Waals surface area contributed by atoms with Gasteiger partial charge in [0.05, 0.1) is 0 Å². The van der Waals surface area contributed by atoms with Gasteiger partial charge in [0, 0.05) is 19.3 Å². The molecular weight excluding hydrogens is 877 g/mol. The van der Waals surface area contributed by atoms with E-state index in [0.717, 1.165) is 70.6 Å². The molecule has 1 unspecified atom stereocenters. The van der Waals surface area contributed by atoms with Gasteiger partial charge in [-0.05, 0) is 77.0 Å². The van der Waals surface area contributed by atoms with Crippen LogP contribution in [-0.2, 0) is 28.6 Å². The number of rotatable bonds is 58. The highest BCUT2D eigenvalue weighted by molar-refractivity contribution is 5.71. The number of hydrogen-bond donors (Lipinski definition) is 0. The SMILES string of the molecule is CCCCC/C=C\CCCCCCCC(=O)OCC(COC(=O)CCCCCCCCCCCCCCC/C=C\C/C=C\CCCCCCC)OC(=O)CCCCCCCCCCCCCCCCCC. The summed E-state index contributed by atoms with van der Waals surface area (Å²) in [6.07, 6.45) is 72.9. The van der Waals surface area contributed by atoms with Crippen LogP contribution in [0.1, 0.15) is 342 Å². The van der Waals surface area contributed by atoms with Crippen LogP contribution >= 0.6 is 0 Å². The topological polar surface area (TPSA) is 78.9 Å². The molecule has 0 amide bonds. The van der Waals surface area contributed by atoms with Crippen molar-refractivity contribution in [3.05, 3.63) is 36.5 Å². The molecular formula is C65H120O6. The Bertz CT molecular complexity index is 1190. The van der Waals surface area contributed by atoms with E-state index in [-0.39, 0.29) is 31.1 Å². The molecule has 0 saturated heterocycles. The fourth-order valence-corrected chi connectivity index (χ4v) is 9.35. The molecule has 0 saturated carbocycles. The number of carbonyl (C=O) groups excluding carboxylic acids is 3. The van der Waals surface area contributed by atoms with E-state index in [4.69, 9.17) is 14.2 Å². The Morgan fingerprint density at radius 3 is 0.817 bits per heavy atom. The van der Waals surface area contributed by atoms with Gasteiger partial charge in [-0.15, -0.1) is 0 Å². The molecule has 0 N–H and O–H groups in total. The fourth-order valence-electron chi connectivity index (χ4n) is 9.35. The average Bonchev–Trinajstić information content (AvgIpc) is 3.37. The predicted octanol–water partition coefficient (Wildman–Crippen LogP) is 21.2. The number of allylic oxidation sites excluding steroid dienone is 6. The molecule has 0 radical (unpaired) electrons. The number of esters is 3. The van der Waals surface area contributed by atoms with E-state index in [1.807, 2.05) is 0 Å². The van der Waals surface area contributed by atoms with Crippen LogP contribution in [0.2, 0.25) is 0 Å². The van der Waals surface area contributed by atoms with Gasteiger partial charge in [0.2, 0.25) is 0 Å².